The fourth-order valence-electron chi connectivity index (χ4n) is 6.41. The van der Waals surface area contributed by atoms with Gasteiger partial charge in [-0.15, -0.1) is 0 Å². The van der Waals surface area contributed by atoms with Crippen molar-refractivity contribution in [2.45, 2.75) is 82.5 Å². The van der Waals surface area contributed by atoms with Crippen LogP contribution >= 0.6 is 0 Å². The van der Waals surface area contributed by atoms with Gasteiger partial charge in [-0.25, -0.2) is 23.5 Å². The summed E-state index contributed by atoms with van der Waals surface area (Å²) in [7, 11) is -3.19. The number of aryl methyl sites for hydroxylation is 1. The average molecular weight is 557 g/mol. The number of nitrogens with one attached hydrogen (secondary N) is 4. The van der Waals surface area contributed by atoms with Crippen LogP contribution in [-0.2, 0) is 16.4 Å². The van der Waals surface area contributed by atoms with Crippen molar-refractivity contribution in [2.24, 2.45) is 5.92 Å². The lowest BCUT2D eigenvalue weighted by Crippen LogP contribution is -2.35. The van der Waals surface area contributed by atoms with Gasteiger partial charge < -0.3 is 10.1 Å². The Morgan fingerprint density at radius 2 is 2.08 bits per heavy atom. The SMILES string of the molecule is CCc1cc(O)ccc1C1CCC2C(C1)NNC2c1ncc(C2=CCN(CCCNS(=O)(=O)C(C)C)CC2)[nH]1. The summed E-state index contributed by atoms with van der Waals surface area (Å²) in [6.45, 7) is 8.75. The highest BCUT2D eigenvalue weighted by atomic mass is 32.2. The Hall–Kier alpha value is -2.24. The number of H-pyrrole nitrogens is 1. The van der Waals surface area contributed by atoms with Gasteiger partial charge in [0.1, 0.15) is 11.6 Å². The number of hydrogen-bond acceptors (Lipinski definition) is 7. The van der Waals surface area contributed by atoms with E-state index in [4.69, 9.17) is 4.98 Å². The fraction of sp³-hybridized carbons (Fsp3) is 0.621. The zero-order valence-electron chi connectivity index (χ0n) is 23.4. The smallest absolute Gasteiger partial charge is 0.213 e. The third-order valence-electron chi connectivity index (χ3n) is 8.81. The van der Waals surface area contributed by atoms with E-state index >= 15 is 0 Å². The van der Waals surface area contributed by atoms with Crippen LogP contribution in [0.5, 0.6) is 5.75 Å². The number of aromatic nitrogens is 2. The van der Waals surface area contributed by atoms with Crippen molar-refractivity contribution < 1.29 is 13.5 Å². The van der Waals surface area contributed by atoms with Crippen LogP contribution in [-0.4, -0.2) is 65.9 Å². The molecule has 5 N–H and O–H groups in total. The largest absolute Gasteiger partial charge is 0.508 e. The summed E-state index contributed by atoms with van der Waals surface area (Å²) in [6.07, 6.45) is 10.3. The molecule has 0 amide bonds. The first-order chi connectivity index (χ1) is 18.7. The van der Waals surface area contributed by atoms with Crippen LogP contribution in [0.4, 0.5) is 0 Å². The second-order valence-electron chi connectivity index (χ2n) is 11.6. The summed E-state index contributed by atoms with van der Waals surface area (Å²) in [5.41, 5.74) is 12.1. The van der Waals surface area contributed by atoms with E-state index < -0.39 is 15.3 Å². The van der Waals surface area contributed by atoms with E-state index in [1.165, 1.54) is 16.7 Å². The molecule has 2 aromatic rings. The van der Waals surface area contributed by atoms with Gasteiger partial charge in [-0.05, 0) is 99.6 Å². The summed E-state index contributed by atoms with van der Waals surface area (Å²) >= 11 is 0. The summed E-state index contributed by atoms with van der Waals surface area (Å²) in [4.78, 5) is 10.8. The number of aromatic hydroxyl groups is 1. The molecule has 3 heterocycles. The molecule has 0 radical (unpaired) electrons. The Morgan fingerprint density at radius 1 is 1.23 bits per heavy atom. The molecule has 2 aliphatic heterocycles. The second-order valence-corrected chi connectivity index (χ2v) is 13.9. The number of hydrogen-bond donors (Lipinski definition) is 5. The van der Waals surface area contributed by atoms with Crippen molar-refractivity contribution in [1.29, 1.82) is 0 Å². The number of nitrogens with zero attached hydrogens (tertiary/aromatic N) is 2. The second kappa shape index (κ2) is 12.1. The molecule has 10 heteroatoms. The number of fused-ring (bicyclic) bond motifs is 1. The summed E-state index contributed by atoms with van der Waals surface area (Å²) in [5, 5.41) is 9.52. The van der Waals surface area contributed by atoms with Crippen molar-refractivity contribution in [3.63, 3.8) is 0 Å². The first kappa shape index (κ1) is 28.3. The van der Waals surface area contributed by atoms with Gasteiger partial charge in [0.15, 0.2) is 0 Å². The number of rotatable bonds is 10. The van der Waals surface area contributed by atoms with Crippen LogP contribution in [0.2, 0.25) is 0 Å². The molecule has 39 heavy (non-hydrogen) atoms. The monoisotopic (exact) mass is 556 g/mol. The molecule has 1 aliphatic carbocycles. The van der Waals surface area contributed by atoms with Crippen LogP contribution in [0.1, 0.15) is 87.5 Å². The van der Waals surface area contributed by atoms with Crippen LogP contribution < -0.4 is 15.6 Å². The van der Waals surface area contributed by atoms with Gasteiger partial charge in [-0.1, -0.05) is 19.1 Å². The topological polar surface area (TPSA) is 122 Å². The molecule has 2 fully saturated rings. The van der Waals surface area contributed by atoms with Gasteiger partial charge in [0, 0.05) is 25.7 Å². The van der Waals surface area contributed by atoms with Crippen LogP contribution in [0, 0.1) is 5.92 Å². The van der Waals surface area contributed by atoms with Crippen molar-refractivity contribution >= 4 is 15.6 Å². The van der Waals surface area contributed by atoms with Crippen molar-refractivity contribution in [3.8, 4) is 5.75 Å². The van der Waals surface area contributed by atoms with E-state index in [-0.39, 0.29) is 6.04 Å². The molecule has 4 unspecified atom stereocenters. The number of aromatic amines is 1. The molecule has 214 valence electrons. The molecular formula is C29H44N6O3S. The van der Waals surface area contributed by atoms with E-state index in [2.05, 4.69) is 44.5 Å². The van der Waals surface area contributed by atoms with Gasteiger partial charge in [0.25, 0.3) is 0 Å². The van der Waals surface area contributed by atoms with Gasteiger partial charge in [-0.2, -0.15) is 0 Å². The van der Waals surface area contributed by atoms with Crippen LogP contribution in [0.3, 0.4) is 0 Å². The predicted octanol–water partition coefficient (Wildman–Crippen LogP) is 3.59. The van der Waals surface area contributed by atoms with Gasteiger partial charge in [0.2, 0.25) is 10.0 Å². The van der Waals surface area contributed by atoms with Gasteiger partial charge in [0.05, 0.1) is 23.2 Å². The number of benzene rings is 1. The van der Waals surface area contributed by atoms with Crippen molar-refractivity contribution in [1.82, 2.24) is 30.4 Å². The summed E-state index contributed by atoms with van der Waals surface area (Å²) in [6, 6.07) is 6.43. The number of phenolic OH excluding ortho intramolecular Hbond substituents is 1. The molecule has 1 saturated heterocycles. The minimum absolute atomic E-state index is 0.172. The maximum atomic E-state index is 11.9. The Balaban J connectivity index is 1.13. The maximum absolute atomic E-state index is 11.9. The lowest BCUT2D eigenvalue weighted by molar-refractivity contribution is 0.276. The number of sulfonamides is 1. The molecule has 1 aromatic heterocycles. The zero-order chi connectivity index (χ0) is 27.6. The number of hydrazine groups is 1. The lowest BCUT2D eigenvalue weighted by Gasteiger charge is -2.33. The standard InChI is InChI=1S/C29H44N6O3S/c1-4-20-16-23(36)7-9-24(20)22-6-8-25-26(17-22)33-34-28(25)29-30-18-27(32-29)21-10-14-35(15-11-21)13-5-12-31-39(37,38)19(2)3/h7,9-10,16,18-19,22,25-26,28,31,33-34,36H,4-6,8,11-15,17H2,1-3H3,(H,30,32). The summed E-state index contributed by atoms with van der Waals surface area (Å²) in [5.74, 6) is 2.36. The highest BCUT2D eigenvalue weighted by Crippen LogP contribution is 2.44. The van der Waals surface area contributed by atoms with Crippen molar-refractivity contribution in [3.05, 3.63) is 53.1 Å². The molecule has 3 aliphatic rings. The van der Waals surface area contributed by atoms with Crippen molar-refractivity contribution in [2.75, 3.05) is 26.2 Å². The van der Waals surface area contributed by atoms with E-state index in [0.29, 0.717) is 30.2 Å². The number of imidazole rings is 1. The minimum Gasteiger partial charge on any atom is -0.508 e. The molecule has 0 spiro atoms. The molecular weight excluding hydrogens is 512 g/mol. The van der Waals surface area contributed by atoms with E-state index in [1.807, 2.05) is 18.3 Å². The van der Waals surface area contributed by atoms with E-state index in [9.17, 15) is 13.5 Å². The molecule has 9 nitrogen and oxygen atoms in total. The number of phenols is 1. The molecule has 0 bridgehead atoms. The Bertz CT molecular complexity index is 1270. The minimum atomic E-state index is -3.19. The predicted molar refractivity (Wildman–Crippen MR) is 155 cm³/mol. The molecule has 4 atom stereocenters. The molecule has 1 aromatic carbocycles. The molecule has 1 saturated carbocycles. The first-order valence-corrected chi connectivity index (χ1v) is 16.1. The average Bonchev–Trinajstić information content (AvgIpc) is 3.58. The third-order valence-corrected chi connectivity index (χ3v) is 10.7. The summed E-state index contributed by atoms with van der Waals surface area (Å²) < 4.78 is 26.5. The normalized spacial score (nSPS) is 26.1. The third kappa shape index (κ3) is 6.41. The van der Waals surface area contributed by atoms with Crippen LogP contribution in [0.25, 0.3) is 5.57 Å². The Labute approximate surface area is 232 Å². The van der Waals surface area contributed by atoms with Gasteiger partial charge in [-0.3, -0.25) is 10.3 Å². The molecule has 5 rings (SSSR count). The maximum Gasteiger partial charge on any atom is 0.213 e. The lowest BCUT2D eigenvalue weighted by atomic mass is 9.73. The van der Waals surface area contributed by atoms with E-state index in [0.717, 1.165) is 69.7 Å². The highest BCUT2D eigenvalue weighted by molar-refractivity contribution is 7.90. The fourth-order valence-corrected chi connectivity index (χ4v) is 7.18. The Kier molecular flexibility index (Phi) is 8.78. The Morgan fingerprint density at radius 3 is 2.82 bits per heavy atom. The van der Waals surface area contributed by atoms with E-state index in [1.54, 1.807) is 13.8 Å². The quantitative estimate of drug-likeness (QED) is 0.284. The van der Waals surface area contributed by atoms with Gasteiger partial charge >= 0.3 is 0 Å². The zero-order valence-corrected chi connectivity index (χ0v) is 24.2. The highest BCUT2D eigenvalue weighted by Gasteiger charge is 2.42. The van der Waals surface area contributed by atoms with Crippen LogP contribution in [0.15, 0.2) is 30.5 Å². The first-order valence-electron chi connectivity index (χ1n) is 14.5.